The van der Waals surface area contributed by atoms with Gasteiger partial charge >= 0.3 is 0 Å². The van der Waals surface area contributed by atoms with Crippen LogP contribution >= 0.6 is 11.3 Å². The van der Waals surface area contributed by atoms with Crippen molar-refractivity contribution in [1.29, 1.82) is 0 Å². The number of anilines is 1. The Hall–Kier alpha value is -2.87. The van der Waals surface area contributed by atoms with Crippen LogP contribution in [0.5, 0.6) is 0 Å². The Morgan fingerprint density at radius 3 is 2.86 bits per heavy atom. The molecule has 1 atom stereocenters. The molecular formula is C21H20F2N4OS. The van der Waals surface area contributed by atoms with Crippen LogP contribution < -0.4 is 5.32 Å². The Balaban J connectivity index is 1.54. The van der Waals surface area contributed by atoms with Crippen LogP contribution in [0.4, 0.5) is 13.9 Å². The minimum absolute atomic E-state index is 0.0380. The van der Waals surface area contributed by atoms with Crippen molar-refractivity contribution in [2.45, 2.75) is 32.4 Å². The first-order valence-electron chi connectivity index (χ1n) is 9.36. The molecule has 5 nitrogen and oxygen atoms in total. The molecule has 1 amide bonds. The van der Waals surface area contributed by atoms with Crippen molar-refractivity contribution >= 4 is 22.4 Å². The van der Waals surface area contributed by atoms with Gasteiger partial charge < -0.3 is 10.2 Å². The molecule has 8 heteroatoms. The van der Waals surface area contributed by atoms with Gasteiger partial charge in [0.25, 0.3) is 0 Å². The van der Waals surface area contributed by atoms with Crippen molar-refractivity contribution in [3.63, 3.8) is 0 Å². The Kier molecular flexibility index (Phi) is 5.53. The summed E-state index contributed by atoms with van der Waals surface area (Å²) < 4.78 is 27.7. The first-order chi connectivity index (χ1) is 14.0. The standard InChI is InChI=1S/C21H20F2N4OS/c1-13(28)27-9-8-19(17-7-6-16(22)10-15(17)12-27)24-21-26-25-20(29-21)11-14-4-2-3-5-18(14)23/h2-7,10,19H,8-9,11-12H2,1H3,(H,24,26). The molecule has 29 heavy (non-hydrogen) atoms. The van der Waals surface area contributed by atoms with Crippen LogP contribution in [0.25, 0.3) is 0 Å². The number of amides is 1. The second-order valence-electron chi connectivity index (χ2n) is 7.04. The van der Waals surface area contributed by atoms with E-state index in [4.69, 9.17) is 0 Å². The van der Waals surface area contributed by atoms with Gasteiger partial charge in [-0.3, -0.25) is 4.79 Å². The fourth-order valence-corrected chi connectivity index (χ4v) is 4.35. The fourth-order valence-electron chi connectivity index (χ4n) is 3.53. The Morgan fingerprint density at radius 1 is 1.24 bits per heavy atom. The minimum atomic E-state index is -0.323. The van der Waals surface area contributed by atoms with Gasteiger partial charge in [-0.2, -0.15) is 0 Å². The number of carbonyl (C=O) groups is 1. The third-order valence-corrected chi connectivity index (χ3v) is 5.89. The molecule has 0 saturated heterocycles. The average molecular weight is 414 g/mol. The SMILES string of the molecule is CC(=O)N1CCC(Nc2nnc(Cc3ccccc3F)s2)c2ccc(F)cc2C1. The molecule has 2 aromatic carbocycles. The first-order valence-corrected chi connectivity index (χ1v) is 10.2. The number of carbonyl (C=O) groups excluding carboxylic acids is 1. The molecule has 150 valence electrons. The van der Waals surface area contributed by atoms with Crippen molar-refractivity contribution in [2.24, 2.45) is 0 Å². The second-order valence-corrected chi connectivity index (χ2v) is 8.10. The lowest BCUT2D eigenvalue weighted by Gasteiger charge is -2.19. The zero-order valence-corrected chi connectivity index (χ0v) is 16.7. The van der Waals surface area contributed by atoms with Crippen molar-refractivity contribution in [2.75, 3.05) is 11.9 Å². The first kappa shape index (κ1) is 19.4. The third kappa shape index (κ3) is 4.42. The van der Waals surface area contributed by atoms with Gasteiger partial charge in [-0.25, -0.2) is 8.78 Å². The van der Waals surface area contributed by atoms with Gasteiger partial charge in [0.15, 0.2) is 0 Å². The van der Waals surface area contributed by atoms with Crippen LogP contribution in [0, 0.1) is 11.6 Å². The van der Waals surface area contributed by atoms with E-state index in [2.05, 4.69) is 15.5 Å². The number of nitrogens with one attached hydrogen (secondary N) is 1. The van der Waals surface area contributed by atoms with E-state index in [0.29, 0.717) is 41.6 Å². The molecule has 1 aromatic heterocycles. The Bertz CT molecular complexity index is 1040. The van der Waals surface area contributed by atoms with E-state index in [1.807, 2.05) is 0 Å². The summed E-state index contributed by atoms with van der Waals surface area (Å²) in [6.45, 7) is 2.46. The van der Waals surface area contributed by atoms with Crippen molar-refractivity contribution < 1.29 is 13.6 Å². The maximum Gasteiger partial charge on any atom is 0.219 e. The van der Waals surface area contributed by atoms with Crippen LogP contribution in [0.1, 0.15) is 41.1 Å². The average Bonchev–Trinajstić information content (AvgIpc) is 3.04. The summed E-state index contributed by atoms with van der Waals surface area (Å²) in [5.41, 5.74) is 2.30. The number of hydrogen-bond acceptors (Lipinski definition) is 5. The van der Waals surface area contributed by atoms with Gasteiger partial charge in [-0.15, -0.1) is 10.2 Å². The summed E-state index contributed by atoms with van der Waals surface area (Å²) in [7, 11) is 0. The number of aromatic nitrogens is 2. The van der Waals surface area contributed by atoms with Crippen LogP contribution in [-0.4, -0.2) is 27.5 Å². The maximum atomic E-state index is 13.9. The molecular weight excluding hydrogens is 394 g/mol. The number of hydrogen-bond donors (Lipinski definition) is 1. The Labute approximate surface area is 171 Å². The molecule has 1 N–H and O–H groups in total. The topological polar surface area (TPSA) is 58.1 Å². The molecule has 1 aliphatic heterocycles. The molecule has 0 spiro atoms. The zero-order valence-electron chi connectivity index (χ0n) is 15.9. The van der Waals surface area contributed by atoms with Gasteiger partial charge in [0, 0.05) is 26.4 Å². The van der Waals surface area contributed by atoms with Gasteiger partial charge in [-0.1, -0.05) is 35.6 Å². The lowest BCUT2D eigenvalue weighted by molar-refractivity contribution is -0.129. The van der Waals surface area contributed by atoms with Crippen LogP contribution in [-0.2, 0) is 17.8 Å². The molecule has 0 radical (unpaired) electrons. The van der Waals surface area contributed by atoms with E-state index in [0.717, 1.165) is 11.1 Å². The number of halogens is 2. The molecule has 1 aliphatic rings. The minimum Gasteiger partial charge on any atom is -0.353 e. The lowest BCUT2D eigenvalue weighted by Crippen LogP contribution is -2.28. The highest BCUT2D eigenvalue weighted by atomic mass is 32.1. The van der Waals surface area contributed by atoms with Crippen LogP contribution in [0.15, 0.2) is 42.5 Å². The van der Waals surface area contributed by atoms with Gasteiger partial charge in [0.2, 0.25) is 11.0 Å². The number of fused-ring (bicyclic) bond motifs is 1. The normalized spacial score (nSPS) is 16.2. The summed E-state index contributed by atoms with van der Waals surface area (Å²) >= 11 is 1.37. The molecule has 2 heterocycles. The summed E-state index contributed by atoms with van der Waals surface area (Å²) in [5.74, 6) is -0.624. The van der Waals surface area contributed by atoms with Crippen molar-refractivity contribution in [3.05, 3.63) is 75.8 Å². The molecule has 3 aromatic rings. The van der Waals surface area contributed by atoms with E-state index in [-0.39, 0.29) is 23.6 Å². The number of nitrogens with zero attached hydrogens (tertiary/aromatic N) is 3. The quantitative estimate of drug-likeness (QED) is 0.691. The van der Waals surface area contributed by atoms with Crippen LogP contribution in [0.3, 0.4) is 0 Å². The maximum absolute atomic E-state index is 13.9. The van der Waals surface area contributed by atoms with Gasteiger partial charge in [0.1, 0.15) is 16.6 Å². The molecule has 1 unspecified atom stereocenters. The van der Waals surface area contributed by atoms with E-state index >= 15 is 0 Å². The molecule has 4 rings (SSSR count). The largest absolute Gasteiger partial charge is 0.353 e. The second kappa shape index (κ2) is 8.24. The lowest BCUT2D eigenvalue weighted by atomic mass is 9.99. The summed E-state index contributed by atoms with van der Waals surface area (Å²) in [6, 6.07) is 11.2. The molecule has 0 aliphatic carbocycles. The van der Waals surface area contributed by atoms with E-state index in [1.54, 1.807) is 29.2 Å². The van der Waals surface area contributed by atoms with E-state index in [9.17, 15) is 13.6 Å². The number of rotatable bonds is 4. The predicted octanol–water partition coefficient (Wildman–Crippen LogP) is 4.31. The third-order valence-electron chi connectivity index (χ3n) is 5.04. The number of benzene rings is 2. The summed E-state index contributed by atoms with van der Waals surface area (Å²) in [6.07, 6.45) is 1.04. The monoisotopic (exact) mass is 414 g/mol. The highest BCUT2D eigenvalue weighted by Gasteiger charge is 2.25. The summed E-state index contributed by atoms with van der Waals surface area (Å²) in [5, 5.41) is 13.1. The van der Waals surface area contributed by atoms with E-state index < -0.39 is 0 Å². The molecule has 0 fully saturated rings. The van der Waals surface area contributed by atoms with Crippen molar-refractivity contribution in [3.8, 4) is 0 Å². The highest BCUT2D eigenvalue weighted by Crippen LogP contribution is 2.32. The fraction of sp³-hybridized carbons (Fsp3) is 0.286. The van der Waals surface area contributed by atoms with Crippen LogP contribution in [0.2, 0.25) is 0 Å². The van der Waals surface area contributed by atoms with Crippen molar-refractivity contribution in [1.82, 2.24) is 15.1 Å². The van der Waals surface area contributed by atoms with E-state index in [1.165, 1.54) is 36.5 Å². The smallest absolute Gasteiger partial charge is 0.219 e. The molecule has 0 bridgehead atoms. The zero-order chi connectivity index (χ0) is 20.4. The highest BCUT2D eigenvalue weighted by molar-refractivity contribution is 7.15. The Morgan fingerprint density at radius 2 is 2.07 bits per heavy atom. The summed E-state index contributed by atoms with van der Waals surface area (Å²) in [4.78, 5) is 13.6. The predicted molar refractivity (Wildman–Crippen MR) is 108 cm³/mol. The molecule has 0 saturated carbocycles. The van der Waals surface area contributed by atoms with Gasteiger partial charge in [0.05, 0.1) is 6.04 Å². The van der Waals surface area contributed by atoms with Gasteiger partial charge in [-0.05, 0) is 41.3 Å².